The van der Waals surface area contributed by atoms with Crippen LogP contribution in [0.15, 0.2) is 0 Å². The molecule has 0 aromatic heterocycles. The third-order valence-corrected chi connectivity index (χ3v) is 1.74. The van der Waals surface area contributed by atoms with Crippen molar-refractivity contribution in [1.82, 2.24) is 10.6 Å². The van der Waals surface area contributed by atoms with E-state index in [4.69, 9.17) is 4.74 Å². The molecule has 0 spiro atoms. The minimum Gasteiger partial charge on any atom is -0.380 e. The lowest BCUT2D eigenvalue weighted by molar-refractivity contribution is 0.190. The van der Waals surface area contributed by atoms with Gasteiger partial charge in [0.2, 0.25) is 0 Å². The van der Waals surface area contributed by atoms with E-state index in [9.17, 15) is 0 Å². The van der Waals surface area contributed by atoms with Crippen molar-refractivity contribution in [1.29, 1.82) is 0 Å². The molecule has 1 rings (SSSR count). The highest BCUT2D eigenvalue weighted by molar-refractivity contribution is 4.70. The van der Waals surface area contributed by atoms with E-state index in [1.54, 1.807) is 0 Å². The first kappa shape index (κ1) is 7.98. The van der Waals surface area contributed by atoms with Crippen LogP contribution in [0.2, 0.25) is 0 Å². The Morgan fingerprint density at radius 2 is 2.40 bits per heavy atom. The summed E-state index contributed by atoms with van der Waals surface area (Å²) in [6, 6.07) is 0.605. The predicted octanol–water partition coefficient (Wildman–Crippen LogP) is -0.416. The lowest BCUT2D eigenvalue weighted by Crippen LogP contribution is -2.34. The summed E-state index contributed by atoms with van der Waals surface area (Å²) in [7, 11) is 1.97. The molecule has 10 heavy (non-hydrogen) atoms. The maximum Gasteiger partial charge on any atom is 0.0620 e. The molecule has 2 N–H and O–H groups in total. The molecule has 0 aromatic rings. The van der Waals surface area contributed by atoms with Crippen LogP contribution in [0.4, 0.5) is 0 Å². The van der Waals surface area contributed by atoms with E-state index < -0.39 is 0 Å². The fourth-order valence-corrected chi connectivity index (χ4v) is 1.10. The van der Waals surface area contributed by atoms with Gasteiger partial charge in [-0.05, 0) is 13.5 Å². The van der Waals surface area contributed by atoms with Crippen LogP contribution in [0.5, 0.6) is 0 Å². The summed E-state index contributed by atoms with van der Waals surface area (Å²) < 4.78 is 5.20. The number of hydrogen-bond donors (Lipinski definition) is 2. The van der Waals surface area contributed by atoms with E-state index in [2.05, 4.69) is 10.6 Å². The van der Waals surface area contributed by atoms with Crippen LogP contribution < -0.4 is 10.6 Å². The minimum absolute atomic E-state index is 0.605. The first-order valence-corrected chi connectivity index (χ1v) is 3.89. The number of likely N-dealkylation sites (N-methyl/N-ethyl adjacent to an activating group) is 1. The molecule has 1 atom stereocenters. The van der Waals surface area contributed by atoms with E-state index in [0.29, 0.717) is 6.04 Å². The van der Waals surface area contributed by atoms with Crippen molar-refractivity contribution in [2.24, 2.45) is 0 Å². The summed E-state index contributed by atoms with van der Waals surface area (Å²) in [6.45, 7) is 3.90. The van der Waals surface area contributed by atoms with Crippen LogP contribution >= 0.6 is 0 Å². The lowest BCUT2D eigenvalue weighted by atomic mass is 10.3. The Labute approximate surface area is 62.1 Å². The van der Waals surface area contributed by atoms with Gasteiger partial charge in [0.1, 0.15) is 0 Å². The third kappa shape index (κ3) is 2.64. The van der Waals surface area contributed by atoms with E-state index in [-0.39, 0.29) is 0 Å². The molecule has 0 saturated carbocycles. The minimum atomic E-state index is 0.605. The Hall–Kier alpha value is -0.120. The standard InChI is InChI=1S/C7H16N2O/c1-8-3-4-9-7-2-5-10-6-7/h7-9H,2-6H2,1H3. The summed E-state index contributed by atoms with van der Waals surface area (Å²) in [5.41, 5.74) is 0. The molecule has 1 saturated heterocycles. The number of hydrogen-bond acceptors (Lipinski definition) is 3. The van der Waals surface area contributed by atoms with Crippen molar-refractivity contribution in [3.8, 4) is 0 Å². The Morgan fingerprint density at radius 1 is 1.50 bits per heavy atom. The average Bonchev–Trinajstić information content (AvgIpc) is 2.41. The molecule has 0 amide bonds. The largest absolute Gasteiger partial charge is 0.380 e. The van der Waals surface area contributed by atoms with Gasteiger partial charge in [-0.25, -0.2) is 0 Å². The molecule has 60 valence electrons. The maximum atomic E-state index is 5.20. The molecular formula is C7H16N2O. The predicted molar refractivity (Wildman–Crippen MR) is 41.2 cm³/mol. The average molecular weight is 144 g/mol. The SMILES string of the molecule is CNCCNC1CCOC1. The summed E-state index contributed by atoms with van der Waals surface area (Å²) in [4.78, 5) is 0. The van der Waals surface area contributed by atoms with Crippen molar-refractivity contribution in [2.75, 3.05) is 33.4 Å². The number of rotatable bonds is 4. The second-order valence-electron chi connectivity index (χ2n) is 2.62. The molecule has 3 nitrogen and oxygen atoms in total. The summed E-state index contributed by atoms with van der Waals surface area (Å²) >= 11 is 0. The Kier molecular flexibility index (Phi) is 3.72. The van der Waals surface area contributed by atoms with Gasteiger partial charge in [-0.3, -0.25) is 0 Å². The van der Waals surface area contributed by atoms with Gasteiger partial charge in [0.05, 0.1) is 6.61 Å². The van der Waals surface area contributed by atoms with Gasteiger partial charge in [0, 0.05) is 25.7 Å². The van der Waals surface area contributed by atoms with Gasteiger partial charge in [-0.15, -0.1) is 0 Å². The van der Waals surface area contributed by atoms with Crippen LogP contribution in [0.1, 0.15) is 6.42 Å². The zero-order valence-electron chi connectivity index (χ0n) is 6.52. The highest BCUT2D eigenvalue weighted by atomic mass is 16.5. The highest BCUT2D eigenvalue weighted by Gasteiger charge is 2.13. The molecule has 3 heteroatoms. The molecule has 0 bridgehead atoms. The molecule has 0 radical (unpaired) electrons. The zero-order valence-corrected chi connectivity index (χ0v) is 6.52. The molecule has 1 unspecified atom stereocenters. The molecule has 1 heterocycles. The maximum absolute atomic E-state index is 5.20. The van der Waals surface area contributed by atoms with E-state index in [0.717, 1.165) is 26.3 Å². The van der Waals surface area contributed by atoms with Crippen LogP contribution in [0.25, 0.3) is 0 Å². The molecule has 1 fully saturated rings. The normalized spacial score (nSPS) is 25.5. The topological polar surface area (TPSA) is 33.3 Å². The molecule has 1 aliphatic rings. The quantitative estimate of drug-likeness (QED) is 0.526. The van der Waals surface area contributed by atoms with Crippen molar-refractivity contribution in [3.05, 3.63) is 0 Å². The van der Waals surface area contributed by atoms with E-state index in [1.165, 1.54) is 6.42 Å². The smallest absolute Gasteiger partial charge is 0.0620 e. The van der Waals surface area contributed by atoms with Crippen molar-refractivity contribution in [2.45, 2.75) is 12.5 Å². The van der Waals surface area contributed by atoms with Crippen LogP contribution in [0.3, 0.4) is 0 Å². The van der Waals surface area contributed by atoms with Gasteiger partial charge >= 0.3 is 0 Å². The Balaban J connectivity index is 1.91. The summed E-state index contributed by atoms with van der Waals surface area (Å²) in [5.74, 6) is 0. The highest BCUT2D eigenvalue weighted by Crippen LogP contribution is 2.01. The summed E-state index contributed by atoms with van der Waals surface area (Å²) in [6.07, 6.45) is 1.17. The van der Waals surface area contributed by atoms with Crippen molar-refractivity contribution in [3.63, 3.8) is 0 Å². The monoisotopic (exact) mass is 144 g/mol. The van der Waals surface area contributed by atoms with Crippen molar-refractivity contribution < 1.29 is 4.74 Å². The first-order chi connectivity index (χ1) is 4.93. The van der Waals surface area contributed by atoms with Crippen LogP contribution in [-0.4, -0.2) is 39.4 Å². The molecule has 1 aliphatic heterocycles. The van der Waals surface area contributed by atoms with Crippen molar-refractivity contribution >= 4 is 0 Å². The van der Waals surface area contributed by atoms with E-state index >= 15 is 0 Å². The number of nitrogens with one attached hydrogen (secondary N) is 2. The molecular weight excluding hydrogens is 128 g/mol. The third-order valence-electron chi connectivity index (χ3n) is 1.74. The van der Waals surface area contributed by atoms with Gasteiger partial charge in [-0.1, -0.05) is 0 Å². The van der Waals surface area contributed by atoms with E-state index in [1.807, 2.05) is 7.05 Å². The Bertz CT molecular complexity index is 81.7. The number of ether oxygens (including phenoxy) is 1. The lowest BCUT2D eigenvalue weighted by Gasteiger charge is -2.08. The van der Waals surface area contributed by atoms with Crippen LogP contribution in [0, 0.1) is 0 Å². The Morgan fingerprint density at radius 3 is 3.00 bits per heavy atom. The molecule has 0 aromatic carbocycles. The fourth-order valence-electron chi connectivity index (χ4n) is 1.10. The fraction of sp³-hybridized carbons (Fsp3) is 1.00. The first-order valence-electron chi connectivity index (χ1n) is 3.89. The van der Waals surface area contributed by atoms with Gasteiger partial charge in [-0.2, -0.15) is 0 Å². The second-order valence-corrected chi connectivity index (χ2v) is 2.62. The molecule has 0 aliphatic carbocycles. The van der Waals surface area contributed by atoms with Gasteiger partial charge in [0.15, 0.2) is 0 Å². The van der Waals surface area contributed by atoms with Gasteiger partial charge in [0.25, 0.3) is 0 Å². The van der Waals surface area contributed by atoms with Crippen LogP contribution in [-0.2, 0) is 4.74 Å². The van der Waals surface area contributed by atoms with Gasteiger partial charge < -0.3 is 15.4 Å². The second kappa shape index (κ2) is 4.66. The zero-order chi connectivity index (χ0) is 7.23. The summed E-state index contributed by atoms with van der Waals surface area (Å²) in [5, 5.41) is 6.48.